The minimum Gasteiger partial charge on any atom is -0.404 e. The van der Waals surface area contributed by atoms with Gasteiger partial charge in [0.15, 0.2) is 0 Å². The van der Waals surface area contributed by atoms with Crippen LogP contribution in [0.4, 0.5) is 0 Å². The van der Waals surface area contributed by atoms with E-state index in [4.69, 9.17) is 4.52 Å². The van der Waals surface area contributed by atoms with Crippen molar-refractivity contribution in [2.24, 2.45) is 0 Å². The van der Waals surface area contributed by atoms with Crippen LogP contribution in [0.5, 0.6) is 5.75 Å². The Morgan fingerprint density at radius 2 is 1.67 bits per heavy atom. The highest BCUT2D eigenvalue weighted by Gasteiger charge is 2.24. The van der Waals surface area contributed by atoms with Crippen molar-refractivity contribution in [2.75, 3.05) is 14.2 Å². The molecule has 84 valence electrons. The Labute approximate surface area is 89.8 Å². The zero-order valence-electron chi connectivity index (χ0n) is 9.10. The molecule has 0 N–H and O–H groups in total. The molecule has 5 heteroatoms. The lowest BCUT2D eigenvalue weighted by Crippen LogP contribution is -1.97. The SMILES string of the molecule is CCc1ccc(OP(=O)(OC)OC)cc1. The van der Waals surface area contributed by atoms with Crippen LogP contribution in [0.1, 0.15) is 12.5 Å². The number of rotatable bonds is 5. The molecule has 0 bridgehead atoms. The molecule has 0 aliphatic rings. The first-order valence-electron chi connectivity index (χ1n) is 4.63. The van der Waals surface area contributed by atoms with Crippen LogP contribution < -0.4 is 4.52 Å². The van der Waals surface area contributed by atoms with Crippen molar-refractivity contribution in [2.45, 2.75) is 13.3 Å². The van der Waals surface area contributed by atoms with Gasteiger partial charge in [0.25, 0.3) is 0 Å². The Morgan fingerprint density at radius 3 is 2.07 bits per heavy atom. The highest BCUT2D eigenvalue weighted by molar-refractivity contribution is 7.48. The third-order valence-corrected chi connectivity index (χ3v) is 3.32. The number of benzene rings is 1. The monoisotopic (exact) mass is 230 g/mol. The first-order chi connectivity index (χ1) is 7.13. The first-order valence-corrected chi connectivity index (χ1v) is 6.09. The maximum atomic E-state index is 11.6. The lowest BCUT2D eigenvalue weighted by atomic mass is 10.2. The van der Waals surface area contributed by atoms with Crippen molar-refractivity contribution in [1.82, 2.24) is 0 Å². The first kappa shape index (κ1) is 12.2. The van der Waals surface area contributed by atoms with E-state index in [1.807, 2.05) is 12.1 Å². The van der Waals surface area contributed by atoms with E-state index in [1.165, 1.54) is 19.8 Å². The number of hydrogen-bond donors (Lipinski definition) is 0. The van der Waals surface area contributed by atoms with Gasteiger partial charge in [0.2, 0.25) is 0 Å². The molecule has 0 fully saturated rings. The lowest BCUT2D eigenvalue weighted by molar-refractivity contribution is 0.211. The van der Waals surface area contributed by atoms with Crippen molar-refractivity contribution in [3.63, 3.8) is 0 Å². The molecule has 0 heterocycles. The molecule has 0 radical (unpaired) electrons. The van der Waals surface area contributed by atoms with Crippen molar-refractivity contribution in [1.29, 1.82) is 0 Å². The third kappa shape index (κ3) is 3.34. The van der Waals surface area contributed by atoms with Gasteiger partial charge < -0.3 is 4.52 Å². The molecule has 0 saturated carbocycles. The smallest absolute Gasteiger partial charge is 0.404 e. The van der Waals surface area contributed by atoms with Crippen LogP contribution in [0.3, 0.4) is 0 Å². The number of aryl methyl sites for hydroxylation is 1. The average molecular weight is 230 g/mol. The standard InChI is InChI=1S/C10H15O4P/c1-4-9-5-7-10(8-6-9)14-15(11,12-2)13-3/h5-8H,4H2,1-3H3. The molecule has 0 aromatic heterocycles. The summed E-state index contributed by atoms with van der Waals surface area (Å²) >= 11 is 0. The summed E-state index contributed by atoms with van der Waals surface area (Å²) in [4.78, 5) is 0. The van der Waals surface area contributed by atoms with Crippen molar-refractivity contribution < 1.29 is 18.1 Å². The van der Waals surface area contributed by atoms with E-state index >= 15 is 0 Å². The van der Waals surface area contributed by atoms with E-state index in [0.29, 0.717) is 5.75 Å². The summed E-state index contributed by atoms with van der Waals surface area (Å²) in [5, 5.41) is 0. The molecule has 1 aromatic rings. The number of hydrogen-bond acceptors (Lipinski definition) is 4. The fraction of sp³-hybridized carbons (Fsp3) is 0.400. The summed E-state index contributed by atoms with van der Waals surface area (Å²) in [6.45, 7) is 2.06. The quantitative estimate of drug-likeness (QED) is 0.729. The summed E-state index contributed by atoms with van der Waals surface area (Å²) < 4.78 is 26.0. The van der Waals surface area contributed by atoms with Crippen LogP contribution in [0.15, 0.2) is 24.3 Å². The lowest BCUT2D eigenvalue weighted by Gasteiger charge is -2.14. The van der Waals surface area contributed by atoms with Crippen molar-refractivity contribution >= 4 is 7.82 Å². The second-order valence-electron chi connectivity index (χ2n) is 2.90. The van der Waals surface area contributed by atoms with Crippen LogP contribution in [0, 0.1) is 0 Å². The summed E-state index contributed by atoms with van der Waals surface area (Å²) in [7, 11) is -0.862. The topological polar surface area (TPSA) is 44.8 Å². The molecule has 4 nitrogen and oxygen atoms in total. The normalized spacial score (nSPS) is 11.4. The van der Waals surface area contributed by atoms with Gasteiger partial charge in [0, 0.05) is 14.2 Å². The van der Waals surface area contributed by atoms with Crippen LogP contribution in [-0.2, 0) is 20.0 Å². The minimum atomic E-state index is -3.43. The van der Waals surface area contributed by atoms with Gasteiger partial charge in [-0.25, -0.2) is 4.57 Å². The summed E-state index contributed by atoms with van der Waals surface area (Å²) in [5.41, 5.74) is 1.19. The zero-order chi connectivity index (χ0) is 11.3. The summed E-state index contributed by atoms with van der Waals surface area (Å²) in [6, 6.07) is 7.29. The molecular formula is C10H15O4P. The van der Waals surface area contributed by atoms with Crippen LogP contribution in [0.2, 0.25) is 0 Å². The number of phosphoric ester groups is 1. The molecule has 0 amide bonds. The van der Waals surface area contributed by atoms with E-state index in [2.05, 4.69) is 16.0 Å². The largest absolute Gasteiger partial charge is 0.529 e. The molecule has 1 rings (SSSR count). The predicted molar refractivity (Wildman–Crippen MR) is 58.1 cm³/mol. The van der Waals surface area contributed by atoms with E-state index in [1.54, 1.807) is 12.1 Å². The summed E-state index contributed by atoms with van der Waals surface area (Å²) in [5.74, 6) is 0.472. The highest BCUT2D eigenvalue weighted by atomic mass is 31.2. The van der Waals surface area contributed by atoms with E-state index < -0.39 is 7.82 Å². The Bertz CT molecular complexity index is 339. The Kier molecular flexibility index (Phi) is 4.33. The molecule has 0 atom stereocenters. The number of phosphoric acid groups is 1. The third-order valence-electron chi connectivity index (χ3n) is 2.00. The Morgan fingerprint density at radius 1 is 1.13 bits per heavy atom. The van der Waals surface area contributed by atoms with E-state index in [-0.39, 0.29) is 0 Å². The minimum absolute atomic E-state index is 0.472. The van der Waals surface area contributed by atoms with Crippen molar-refractivity contribution in [3.8, 4) is 5.75 Å². The molecule has 15 heavy (non-hydrogen) atoms. The fourth-order valence-electron chi connectivity index (χ4n) is 1.06. The zero-order valence-corrected chi connectivity index (χ0v) is 9.99. The molecular weight excluding hydrogens is 215 g/mol. The fourth-order valence-corrected chi connectivity index (χ4v) is 1.74. The molecule has 0 aliphatic carbocycles. The van der Waals surface area contributed by atoms with E-state index in [9.17, 15) is 4.57 Å². The van der Waals surface area contributed by atoms with Gasteiger partial charge in [-0.1, -0.05) is 19.1 Å². The molecule has 0 saturated heterocycles. The average Bonchev–Trinajstić information content (AvgIpc) is 2.30. The molecule has 0 aliphatic heterocycles. The van der Waals surface area contributed by atoms with Crippen LogP contribution in [0.25, 0.3) is 0 Å². The molecule has 0 unspecified atom stereocenters. The predicted octanol–water partition coefficient (Wildman–Crippen LogP) is 3.03. The van der Waals surface area contributed by atoms with Gasteiger partial charge in [-0.15, -0.1) is 0 Å². The van der Waals surface area contributed by atoms with Gasteiger partial charge in [-0.2, -0.15) is 0 Å². The van der Waals surface area contributed by atoms with Crippen LogP contribution in [-0.4, -0.2) is 14.2 Å². The molecule has 1 aromatic carbocycles. The van der Waals surface area contributed by atoms with Gasteiger partial charge in [0.1, 0.15) is 5.75 Å². The second-order valence-corrected chi connectivity index (χ2v) is 4.71. The molecule has 0 spiro atoms. The highest BCUT2D eigenvalue weighted by Crippen LogP contribution is 2.47. The maximum Gasteiger partial charge on any atom is 0.529 e. The van der Waals surface area contributed by atoms with E-state index in [0.717, 1.165) is 6.42 Å². The second kappa shape index (κ2) is 5.31. The van der Waals surface area contributed by atoms with Crippen LogP contribution >= 0.6 is 7.82 Å². The van der Waals surface area contributed by atoms with Gasteiger partial charge in [-0.3, -0.25) is 9.05 Å². The van der Waals surface area contributed by atoms with Crippen molar-refractivity contribution in [3.05, 3.63) is 29.8 Å². The van der Waals surface area contributed by atoms with Gasteiger partial charge in [0.05, 0.1) is 0 Å². The Hall–Kier alpha value is -0.830. The van der Waals surface area contributed by atoms with Gasteiger partial charge in [-0.05, 0) is 24.1 Å². The van der Waals surface area contributed by atoms with Gasteiger partial charge >= 0.3 is 7.82 Å². The summed E-state index contributed by atoms with van der Waals surface area (Å²) in [6.07, 6.45) is 0.951. The Balaban J connectivity index is 2.76. The maximum absolute atomic E-state index is 11.6.